The van der Waals surface area contributed by atoms with Crippen LogP contribution in [0.25, 0.3) is 6.08 Å². The zero-order chi connectivity index (χ0) is 22.8. The number of amides is 1. The van der Waals surface area contributed by atoms with Crippen LogP contribution < -0.4 is 4.74 Å². The number of amidine groups is 1. The number of aliphatic imine (C=N–C) groups is 1. The maximum atomic E-state index is 12.4. The molecule has 1 amide bonds. The lowest BCUT2D eigenvalue weighted by Crippen LogP contribution is -2.26. The summed E-state index contributed by atoms with van der Waals surface area (Å²) in [6, 6.07) is 25.4. The minimum absolute atomic E-state index is 0.0954. The third-order valence-corrected chi connectivity index (χ3v) is 6.56. The van der Waals surface area contributed by atoms with Crippen molar-refractivity contribution in [1.29, 1.82) is 0 Å². The van der Waals surface area contributed by atoms with Crippen molar-refractivity contribution in [1.82, 2.24) is 5.01 Å². The number of hydrogen-bond acceptors (Lipinski definition) is 5. The molecule has 0 radical (unpaired) electrons. The van der Waals surface area contributed by atoms with Gasteiger partial charge >= 0.3 is 5.24 Å². The van der Waals surface area contributed by atoms with Crippen molar-refractivity contribution in [3.05, 3.63) is 105 Å². The summed E-state index contributed by atoms with van der Waals surface area (Å²) in [7, 11) is 1.64. The monoisotopic (exact) mass is 473 g/mol. The van der Waals surface area contributed by atoms with Crippen LogP contribution in [-0.2, 0) is 0 Å². The molecule has 0 bridgehead atoms. The molecule has 0 aromatic heterocycles. The Bertz CT molecular complexity index is 1270. The second kappa shape index (κ2) is 9.25. The quantitative estimate of drug-likeness (QED) is 0.417. The standard InChI is InChI=1S/C26H20ClN3O2S/c1-32-21-13-7-17(8-14-21)15-24-25(28-26(31)33-24)30-23(19-9-11-20(27)12-10-19)16-22(29-30)18-5-3-2-4-6-18/h2-15,23H,16H2,1H3/b24-15-. The molecule has 3 aromatic carbocycles. The largest absolute Gasteiger partial charge is 0.497 e. The Kier molecular flexibility index (Phi) is 6.03. The van der Waals surface area contributed by atoms with Gasteiger partial charge in [0.1, 0.15) is 5.75 Å². The number of halogens is 1. The maximum absolute atomic E-state index is 12.4. The fourth-order valence-corrected chi connectivity index (χ4v) is 4.74. The Hall–Kier alpha value is -3.35. The Balaban J connectivity index is 1.54. The lowest BCUT2D eigenvalue weighted by atomic mass is 9.98. The van der Waals surface area contributed by atoms with Crippen molar-refractivity contribution in [2.45, 2.75) is 12.5 Å². The first-order chi connectivity index (χ1) is 16.1. The van der Waals surface area contributed by atoms with Crippen LogP contribution in [-0.4, -0.2) is 28.9 Å². The second-order valence-corrected chi connectivity index (χ2v) is 9.04. The predicted molar refractivity (Wildman–Crippen MR) is 135 cm³/mol. The molecule has 0 saturated carbocycles. The summed E-state index contributed by atoms with van der Waals surface area (Å²) in [6.45, 7) is 0. The van der Waals surface area contributed by atoms with Gasteiger partial charge in [0, 0.05) is 11.4 Å². The zero-order valence-electron chi connectivity index (χ0n) is 17.8. The van der Waals surface area contributed by atoms with Gasteiger partial charge in [0.2, 0.25) is 0 Å². The van der Waals surface area contributed by atoms with Crippen molar-refractivity contribution >= 4 is 46.2 Å². The van der Waals surface area contributed by atoms with Crippen molar-refractivity contribution < 1.29 is 9.53 Å². The van der Waals surface area contributed by atoms with Crippen LogP contribution in [0.3, 0.4) is 0 Å². The van der Waals surface area contributed by atoms with E-state index >= 15 is 0 Å². The van der Waals surface area contributed by atoms with E-state index in [0.717, 1.165) is 44.8 Å². The van der Waals surface area contributed by atoms with Crippen LogP contribution in [0.1, 0.15) is 29.2 Å². The molecule has 7 heteroatoms. The molecule has 0 spiro atoms. The number of benzene rings is 3. The molecule has 5 nitrogen and oxygen atoms in total. The molecule has 0 saturated heterocycles. The minimum atomic E-state index is -0.247. The number of rotatable bonds is 4. The summed E-state index contributed by atoms with van der Waals surface area (Å²) < 4.78 is 5.24. The van der Waals surface area contributed by atoms with E-state index < -0.39 is 0 Å². The van der Waals surface area contributed by atoms with Gasteiger partial charge in [0.05, 0.1) is 23.8 Å². The predicted octanol–water partition coefficient (Wildman–Crippen LogP) is 6.81. The Morgan fingerprint density at radius 3 is 2.45 bits per heavy atom. The minimum Gasteiger partial charge on any atom is -0.497 e. The SMILES string of the molecule is COc1ccc(/C=C2\SC(=O)N=C2N2N=C(c3ccccc3)CC2c2ccc(Cl)cc2)cc1. The van der Waals surface area contributed by atoms with Crippen molar-refractivity contribution in [2.24, 2.45) is 10.1 Å². The number of methoxy groups -OCH3 is 1. The van der Waals surface area contributed by atoms with Crippen LogP contribution in [0.2, 0.25) is 5.02 Å². The summed E-state index contributed by atoms with van der Waals surface area (Å²) in [4.78, 5) is 17.5. The maximum Gasteiger partial charge on any atom is 0.311 e. The number of carbonyl (C=O) groups is 1. The molecular weight excluding hydrogens is 454 g/mol. The van der Waals surface area contributed by atoms with Gasteiger partial charge in [-0.25, -0.2) is 5.01 Å². The summed E-state index contributed by atoms with van der Waals surface area (Å²) in [6.07, 6.45) is 2.65. The Morgan fingerprint density at radius 1 is 1.03 bits per heavy atom. The molecule has 2 heterocycles. The van der Waals surface area contributed by atoms with E-state index in [0.29, 0.717) is 17.3 Å². The number of hydrogen-bond donors (Lipinski definition) is 0. The van der Waals surface area contributed by atoms with Crippen LogP contribution in [0, 0.1) is 0 Å². The summed E-state index contributed by atoms with van der Waals surface area (Å²) >= 11 is 7.25. The van der Waals surface area contributed by atoms with Crippen molar-refractivity contribution in [3.63, 3.8) is 0 Å². The van der Waals surface area contributed by atoms with E-state index in [-0.39, 0.29) is 11.3 Å². The van der Waals surface area contributed by atoms with E-state index in [1.807, 2.05) is 89.9 Å². The highest BCUT2D eigenvalue weighted by molar-refractivity contribution is 8.18. The van der Waals surface area contributed by atoms with Gasteiger partial charge in [-0.15, -0.1) is 0 Å². The number of hydrazone groups is 1. The third kappa shape index (κ3) is 4.58. The first kappa shape index (κ1) is 21.5. The van der Waals surface area contributed by atoms with Gasteiger partial charge in [-0.3, -0.25) is 4.79 Å². The van der Waals surface area contributed by atoms with E-state index in [1.165, 1.54) is 0 Å². The molecular formula is C26H20ClN3O2S. The summed E-state index contributed by atoms with van der Waals surface area (Å²) in [5.41, 5.74) is 4.02. The second-order valence-electron chi connectivity index (χ2n) is 7.61. The van der Waals surface area contributed by atoms with Gasteiger partial charge in [-0.1, -0.05) is 66.2 Å². The van der Waals surface area contributed by atoms with E-state index in [2.05, 4.69) is 4.99 Å². The average Bonchev–Trinajstić information content (AvgIpc) is 3.44. The average molecular weight is 474 g/mol. The first-order valence-corrected chi connectivity index (χ1v) is 11.6. The molecule has 164 valence electrons. The molecule has 2 aliphatic rings. The number of ether oxygens (including phenoxy) is 1. The van der Waals surface area contributed by atoms with Crippen molar-refractivity contribution in [2.75, 3.05) is 7.11 Å². The molecule has 0 N–H and O–H groups in total. The van der Waals surface area contributed by atoms with Gasteiger partial charge in [-0.2, -0.15) is 10.1 Å². The van der Waals surface area contributed by atoms with Crippen LogP contribution in [0.15, 0.2) is 93.9 Å². The fraction of sp³-hybridized carbons (Fsp3) is 0.115. The highest BCUT2D eigenvalue weighted by atomic mass is 35.5. The van der Waals surface area contributed by atoms with E-state index in [9.17, 15) is 4.79 Å². The van der Waals surface area contributed by atoms with Gasteiger partial charge in [-0.05, 0) is 58.8 Å². The van der Waals surface area contributed by atoms with E-state index in [4.69, 9.17) is 21.4 Å². The van der Waals surface area contributed by atoms with E-state index in [1.54, 1.807) is 7.11 Å². The highest BCUT2D eigenvalue weighted by Crippen LogP contribution is 2.39. The van der Waals surface area contributed by atoms with Crippen LogP contribution in [0.4, 0.5) is 4.79 Å². The lowest BCUT2D eigenvalue weighted by molar-refractivity contribution is 0.267. The van der Waals surface area contributed by atoms with Crippen molar-refractivity contribution in [3.8, 4) is 5.75 Å². The summed E-state index contributed by atoms with van der Waals surface area (Å²) in [5, 5.41) is 7.24. The normalized spacial score (nSPS) is 19.1. The molecule has 3 aromatic rings. The van der Waals surface area contributed by atoms with Crippen LogP contribution >= 0.6 is 23.4 Å². The fourth-order valence-electron chi connectivity index (χ4n) is 3.87. The van der Waals surface area contributed by atoms with Gasteiger partial charge < -0.3 is 4.74 Å². The molecule has 33 heavy (non-hydrogen) atoms. The molecule has 2 aliphatic heterocycles. The molecule has 1 atom stereocenters. The molecule has 1 unspecified atom stereocenters. The third-order valence-electron chi connectivity index (χ3n) is 5.52. The molecule has 5 rings (SSSR count). The smallest absolute Gasteiger partial charge is 0.311 e. The number of carbonyl (C=O) groups excluding carboxylic acids is 1. The zero-order valence-corrected chi connectivity index (χ0v) is 19.4. The lowest BCUT2D eigenvalue weighted by Gasteiger charge is -2.24. The number of thioether (sulfide) groups is 1. The van der Waals surface area contributed by atoms with Gasteiger partial charge in [0.15, 0.2) is 5.84 Å². The Labute approximate surface area is 201 Å². The molecule has 0 aliphatic carbocycles. The van der Waals surface area contributed by atoms with Crippen LogP contribution in [0.5, 0.6) is 5.75 Å². The Morgan fingerprint density at radius 2 is 1.76 bits per heavy atom. The molecule has 0 fully saturated rings. The summed E-state index contributed by atoms with van der Waals surface area (Å²) in [5.74, 6) is 1.34. The highest BCUT2D eigenvalue weighted by Gasteiger charge is 2.36. The first-order valence-electron chi connectivity index (χ1n) is 10.4. The topological polar surface area (TPSA) is 54.3 Å². The van der Waals surface area contributed by atoms with Gasteiger partial charge in [0.25, 0.3) is 0 Å². The number of nitrogens with zero attached hydrogens (tertiary/aromatic N) is 3.